The first-order valence-corrected chi connectivity index (χ1v) is 39.4. The van der Waals surface area contributed by atoms with Crippen molar-refractivity contribution < 1.29 is 90.3 Å². The van der Waals surface area contributed by atoms with E-state index in [2.05, 4.69) is 27.8 Å². The number of anilines is 1. The van der Waals surface area contributed by atoms with E-state index in [0.29, 0.717) is 200 Å². The number of rotatable bonds is 75. The number of fused-ring (bicyclic) bond motifs is 2. The highest BCUT2D eigenvalue weighted by molar-refractivity contribution is 5.97. The van der Waals surface area contributed by atoms with Crippen molar-refractivity contribution in [3.05, 3.63) is 65.2 Å². The minimum Gasteiger partial charge on any atom is -0.381 e. The lowest BCUT2D eigenvalue weighted by Crippen LogP contribution is -2.60. The predicted molar refractivity (Wildman–Crippen MR) is 420 cm³/mol. The molecule has 628 valence electrons. The Bertz CT molecular complexity index is 2590. The number of nitrogens with zero attached hydrogens (tertiary/aromatic N) is 1. The number of carbonyl (C=O) groups excluding carboxylic acids is 6. The van der Waals surface area contributed by atoms with Crippen LogP contribution in [0.5, 0.6) is 0 Å². The van der Waals surface area contributed by atoms with Crippen molar-refractivity contribution in [2.24, 2.45) is 57.0 Å². The topological polar surface area (TPSA) is 496 Å². The van der Waals surface area contributed by atoms with Gasteiger partial charge in [0.15, 0.2) is 0 Å². The Morgan fingerprint density at radius 1 is 0.318 bits per heavy atom. The minimum atomic E-state index is -1.56. The van der Waals surface area contributed by atoms with Crippen LogP contribution in [0.4, 0.5) is 5.69 Å². The highest BCUT2D eigenvalue weighted by Gasteiger charge is 2.39. The summed E-state index contributed by atoms with van der Waals surface area (Å²) >= 11 is 0. The van der Waals surface area contributed by atoms with Gasteiger partial charge in [0.25, 0.3) is 0 Å². The highest BCUT2D eigenvalue weighted by atomic mass is 16.5. The standard InChI is InChI=1S/C78H137N13O19/c79-28-6-38-99-53-75(54-100-39-7-29-80,55-101-40-8-30-81)51-69(93)24-47-108-62-78(63-109-49-26-72(95)89-76(56-102-41-9-31-82,57-103-42-10-32-83)58-104-43-11-33-84,64-110-50-27-73(96)90-77(59-105-44-12-34-85,60-106-45-13-35-86)61-107-46-14-36-87)88-71(94)25-48-98-37-5-18-68(92)22-23-74(97)91-52-67-17-2-1-15-65(67)20-21-66-16-3-4-19-70(66)91/h1-4,15-17,19H,5-14,18,22-64,79-87H2,(H,88,94)(H,89,95)(H,90,96). The second kappa shape index (κ2) is 62.7. The molecule has 1 aliphatic heterocycles. The lowest BCUT2D eigenvalue weighted by molar-refractivity contribution is -0.134. The van der Waals surface area contributed by atoms with E-state index in [1.54, 1.807) is 4.90 Å². The lowest BCUT2D eigenvalue weighted by atomic mass is 9.84. The average Bonchev–Trinajstić information content (AvgIpc) is 0.798. The number of hydrogen-bond acceptors (Lipinski definition) is 28. The summed E-state index contributed by atoms with van der Waals surface area (Å²) < 4.78 is 79.7. The fraction of sp³-hybridized carbons (Fsp3) is 0.744. The van der Waals surface area contributed by atoms with Gasteiger partial charge in [0.1, 0.15) is 28.2 Å². The summed E-state index contributed by atoms with van der Waals surface area (Å²) in [5.41, 5.74) is 50.6. The first-order valence-electron chi connectivity index (χ1n) is 39.4. The van der Waals surface area contributed by atoms with Gasteiger partial charge in [-0.25, -0.2) is 0 Å². The predicted octanol–water partition coefficient (Wildman–Crippen LogP) is 0.489. The Labute approximate surface area is 652 Å². The molecule has 0 aliphatic carbocycles. The first-order chi connectivity index (χ1) is 53.6. The largest absolute Gasteiger partial charge is 0.381 e. The number of nitrogens with one attached hydrogen (secondary N) is 3. The summed E-state index contributed by atoms with van der Waals surface area (Å²) in [4.78, 5) is 86.1. The molecule has 0 bridgehead atoms. The third-order valence-corrected chi connectivity index (χ3v) is 17.3. The van der Waals surface area contributed by atoms with E-state index in [1.165, 1.54) is 0 Å². The Kier molecular flexibility index (Phi) is 56.2. The summed E-state index contributed by atoms with van der Waals surface area (Å²) in [5.74, 6) is 4.54. The summed E-state index contributed by atoms with van der Waals surface area (Å²) in [6.45, 7) is 6.16. The van der Waals surface area contributed by atoms with Gasteiger partial charge >= 0.3 is 0 Å². The molecule has 1 heterocycles. The van der Waals surface area contributed by atoms with Gasteiger partial charge in [-0.2, -0.15) is 0 Å². The van der Waals surface area contributed by atoms with E-state index in [4.69, 9.17) is 113 Å². The van der Waals surface area contributed by atoms with Crippen LogP contribution in [0.25, 0.3) is 0 Å². The van der Waals surface area contributed by atoms with Gasteiger partial charge < -0.3 is 134 Å². The van der Waals surface area contributed by atoms with Crippen LogP contribution in [0.3, 0.4) is 0 Å². The Balaban J connectivity index is 1.98. The van der Waals surface area contributed by atoms with Gasteiger partial charge in [-0.1, -0.05) is 42.2 Å². The molecular formula is C78H137N13O19. The SMILES string of the molecule is NCCCOCC(COCCCN)(COCCCN)CC(=O)CCOCC(COCCC(=O)NC(COCCCN)(COCCCN)COCCCN)(COCCC(=O)NC(COCCCN)(COCCCN)COCCCN)NC(=O)CCOCCCC(=O)CCC(=O)N1Cc2ccccc2C#Cc2ccccc21. The third kappa shape index (κ3) is 44.1. The van der Waals surface area contributed by atoms with E-state index in [-0.39, 0.29) is 181 Å². The van der Waals surface area contributed by atoms with E-state index < -0.39 is 39.8 Å². The molecule has 32 heteroatoms. The van der Waals surface area contributed by atoms with E-state index in [1.807, 2.05) is 48.5 Å². The molecule has 0 saturated heterocycles. The summed E-state index contributed by atoms with van der Waals surface area (Å²) in [6, 6.07) is 15.1. The van der Waals surface area contributed by atoms with Crippen LogP contribution < -0.4 is 72.5 Å². The van der Waals surface area contributed by atoms with Crippen molar-refractivity contribution in [3.63, 3.8) is 0 Å². The van der Waals surface area contributed by atoms with Crippen molar-refractivity contribution in [2.75, 3.05) is 236 Å². The van der Waals surface area contributed by atoms with Crippen LogP contribution in [-0.4, -0.2) is 282 Å². The molecule has 3 rings (SSSR count). The molecule has 0 radical (unpaired) electrons. The van der Waals surface area contributed by atoms with Gasteiger partial charge in [-0.15, -0.1) is 0 Å². The maximum Gasteiger partial charge on any atom is 0.227 e. The zero-order chi connectivity index (χ0) is 79.9. The van der Waals surface area contributed by atoms with Gasteiger partial charge in [-0.3, -0.25) is 28.8 Å². The van der Waals surface area contributed by atoms with Crippen molar-refractivity contribution in [2.45, 2.75) is 139 Å². The molecule has 0 unspecified atom stereocenters. The number of benzene rings is 2. The van der Waals surface area contributed by atoms with Crippen LogP contribution in [0.15, 0.2) is 48.5 Å². The summed E-state index contributed by atoms with van der Waals surface area (Å²) in [7, 11) is 0. The Morgan fingerprint density at radius 2 is 0.618 bits per heavy atom. The number of ether oxygens (including phenoxy) is 13. The molecule has 1 aliphatic rings. The fourth-order valence-corrected chi connectivity index (χ4v) is 11.4. The summed E-state index contributed by atoms with van der Waals surface area (Å²) in [5, 5.41) is 9.29. The lowest BCUT2D eigenvalue weighted by Gasteiger charge is -2.35. The van der Waals surface area contributed by atoms with E-state index in [9.17, 15) is 28.8 Å². The maximum atomic E-state index is 14.5. The summed E-state index contributed by atoms with van der Waals surface area (Å²) in [6.07, 6.45) is 5.09. The number of hydrogen-bond donors (Lipinski definition) is 12. The fourth-order valence-electron chi connectivity index (χ4n) is 11.4. The molecule has 21 N–H and O–H groups in total. The van der Waals surface area contributed by atoms with Crippen LogP contribution in [0.1, 0.15) is 132 Å². The Morgan fingerprint density at radius 3 is 0.991 bits per heavy atom. The molecule has 0 spiro atoms. The number of carbonyl (C=O) groups is 6. The van der Waals surface area contributed by atoms with Gasteiger partial charge in [0, 0.05) is 134 Å². The molecule has 2 aromatic rings. The smallest absolute Gasteiger partial charge is 0.227 e. The Hall–Kier alpha value is -5.66. The minimum absolute atomic E-state index is 0.00180. The van der Waals surface area contributed by atoms with Crippen LogP contribution in [-0.2, 0) is 96.9 Å². The molecule has 0 saturated carbocycles. The zero-order valence-corrected chi connectivity index (χ0v) is 65.7. The first kappa shape index (κ1) is 98.5. The number of para-hydroxylation sites is 1. The number of Topliss-reactive ketones (excluding diaryl/α,β-unsaturated/α-hetero) is 2. The van der Waals surface area contributed by atoms with Crippen LogP contribution >= 0.6 is 0 Å². The van der Waals surface area contributed by atoms with E-state index in [0.717, 1.165) is 11.1 Å². The average molecular weight is 1560 g/mol. The van der Waals surface area contributed by atoms with Crippen molar-refractivity contribution in [1.29, 1.82) is 0 Å². The van der Waals surface area contributed by atoms with Gasteiger partial charge in [-0.05, 0) is 147 Å². The van der Waals surface area contributed by atoms with Gasteiger partial charge in [0.2, 0.25) is 23.6 Å². The number of amides is 4. The number of nitrogens with two attached hydrogens (primary N) is 9. The molecule has 4 amide bonds. The molecule has 0 atom stereocenters. The van der Waals surface area contributed by atoms with E-state index >= 15 is 0 Å². The zero-order valence-electron chi connectivity index (χ0n) is 65.7. The molecule has 110 heavy (non-hydrogen) atoms. The molecule has 2 aromatic carbocycles. The second-order valence-corrected chi connectivity index (χ2v) is 27.8. The van der Waals surface area contributed by atoms with Crippen LogP contribution in [0, 0.1) is 17.3 Å². The monoisotopic (exact) mass is 1560 g/mol. The second-order valence-electron chi connectivity index (χ2n) is 27.8. The normalized spacial score (nSPS) is 12.4. The quantitative estimate of drug-likeness (QED) is 0.0317. The molecule has 32 nitrogen and oxygen atoms in total. The maximum absolute atomic E-state index is 14.5. The molecule has 0 aromatic heterocycles. The number of ketones is 2. The molecule has 0 fully saturated rings. The van der Waals surface area contributed by atoms with Gasteiger partial charge in [0.05, 0.1) is 118 Å². The highest BCUT2D eigenvalue weighted by Crippen LogP contribution is 2.29. The van der Waals surface area contributed by atoms with Crippen LogP contribution in [0.2, 0.25) is 0 Å². The third-order valence-electron chi connectivity index (χ3n) is 17.3. The van der Waals surface area contributed by atoms with Crippen molar-refractivity contribution in [3.8, 4) is 11.8 Å². The van der Waals surface area contributed by atoms with Crippen molar-refractivity contribution >= 4 is 40.9 Å². The molecular weight excluding hydrogens is 1420 g/mol. The van der Waals surface area contributed by atoms with Crippen molar-refractivity contribution in [1.82, 2.24) is 16.0 Å².